The van der Waals surface area contributed by atoms with Gasteiger partial charge in [-0.1, -0.05) is 24.3 Å². The molecule has 1 saturated heterocycles. The van der Waals surface area contributed by atoms with Gasteiger partial charge in [-0.3, -0.25) is 0 Å². The molecular weight excluding hydrogens is 429 g/mol. The Morgan fingerprint density at radius 1 is 1.00 bits per heavy atom. The van der Waals surface area contributed by atoms with Crippen LogP contribution in [-0.2, 0) is 16.2 Å². The number of nitrogens with zero attached hydrogens (tertiary/aromatic N) is 1. The summed E-state index contributed by atoms with van der Waals surface area (Å²) in [5, 5.41) is 15.4. The van der Waals surface area contributed by atoms with Crippen molar-refractivity contribution in [3.63, 3.8) is 0 Å². The highest BCUT2D eigenvalue weighted by Crippen LogP contribution is 2.59. The molecule has 0 amide bonds. The fourth-order valence-electron chi connectivity index (χ4n) is 4.10. The molecule has 3 unspecified atom stereocenters. The van der Waals surface area contributed by atoms with Gasteiger partial charge in [0.05, 0.1) is 28.1 Å². The molecule has 0 spiro atoms. The van der Waals surface area contributed by atoms with Crippen LogP contribution < -0.4 is 0 Å². The Labute approximate surface area is 168 Å². The zero-order chi connectivity index (χ0) is 22.1. The van der Waals surface area contributed by atoms with Crippen LogP contribution >= 0.6 is 0 Å². The second-order valence-corrected chi connectivity index (χ2v) is 8.91. The van der Waals surface area contributed by atoms with E-state index >= 15 is 8.78 Å². The van der Waals surface area contributed by atoms with E-state index < -0.39 is 56.3 Å². The summed E-state index contributed by atoms with van der Waals surface area (Å²) >= 11 is 0. The highest BCUT2D eigenvalue weighted by Gasteiger charge is 2.65. The van der Waals surface area contributed by atoms with Gasteiger partial charge in [0.15, 0.2) is 0 Å². The number of fused-ring (bicyclic) bond motifs is 5. The Balaban J connectivity index is 1.90. The number of alkyl halides is 5. The summed E-state index contributed by atoms with van der Waals surface area (Å²) < 4.78 is 95.9. The lowest BCUT2D eigenvalue weighted by atomic mass is 9.86. The molecule has 3 atom stereocenters. The Kier molecular flexibility index (Phi) is 4.41. The number of piperidine rings is 1. The Hall–Kier alpha value is -2.66. The molecule has 2 aliphatic rings. The van der Waals surface area contributed by atoms with Crippen molar-refractivity contribution in [1.82, 2.24) is 4.31 Å². The summed E-state index contributed by atoms with van der Waals surface area (Å²) in [6, 6.07) is 5.09. The summed E-state index contributed by atoms with van der Waals surface area (Å²) in [5.74, 6) is -5.41. The van der Waals surface area contributed by atoms with Gasteiger partial charge in [0.2, 0.25) is 10.0 Å². The van der Waals surface area contributed by atoms with Crippen LogP contribution in [0.4, 0.5) is 22.0 Å². The van der Waals surface area contributed by atoms with Crippen LogP contribution in [-0.4, -0.2) is 30.6 Å². The predicted molar refractivity (Wildman–Crippen MR) is 97.3 cm³/mol. The molecule has 11 heteroatoms. The van der Waals surface area contributed by atoms with Gasteiger partial charge >= 0.3 is 12.1 Å². The van der Waals surface area contributed by atoms with Gasteiger partial charge in [0, 0.05) is 6.21 Å². The largest absolute Gasteiger partial charge is 0.416 e. The van der Waals surface area contributed by atoms with Crippen molar-refractivity contribution in [1.29, 1.82) is 10.8 Å². The van der Waals surface area contributed by atoms with Crippen LogP contribution in [0, 0.1) is 16.7 Å². The van der Waals surface area contributed by atoms with E-state index in [9.17, 15) is 21.6 Å². The summed E-state index contributed by atoms with van der Waals surface area (Å²) in [4.78, 5) is -0.578. The first-order valence-corrected chi connectivity index (χ1v) is 10.1. The molecule has 0 saturated carbocycles. The van der Waals surface area contributed by atoms with Crippen LogP contribution in [0.2, 0.25) is 0 Å². The first-order valence-electron chi connectivity index (χ1n) is 8.69. The van der Waals surface area contributed by atoms with Crippen LogP contribution in [0.15, 0.2) is 53.4 Å². The SMILES string of the molecule is N=CC1C(=N)C(F)(F)C2c3ccccc3C1N2S(=O)(=O)c1ccc(C(F)(F)F)cc1. The predicted octanol–water partition coefficient (Wildman–Crippen LogP) is 4.43. The van der Waals surface area contributed by atoms with E-state index in [0.717, 1.165) is 12.1 Å². The van der Waals surface area contributed by atoms with E-state index in [0.29, 0.717) is 22.7 Å². The van der Waals surface area contributed by atoms with Gasteiger partial charge in [-0.2, -0.15) is 26.3 Å². The quantitative estimate of drug-likeness (QED) is 0.544. The molecule has 2 aliphatic heterocycles. The molecule has 0 aromatic heterocycles. The lowest BCUT2D eigenvalue weighted by molar-refractivity contribution is -0.137. The lowest BCUT2D eigenvalue weighted by Gasteiger charge is -2.42. The van der Waals surface area contributed by atoms with E-state index in [2.05, 4.69) is 0 Å². The van der Waals surface area contributed by atoms with Crippen molar-refractivity contribution in [3.05, 3.63) is 65.2 Å². The third-order valence-corrected chi connectivity index (χ3v) is 7.31. The fraction of sp³-hybridized carbons (Fsp3) is 0.263. The molecule has 5 nitrogen and oxygen atoms in total. The second kappa shape index (κ2) is 6.42. The van der Waals surface area contributed by atoms with Gasteiger partial charge < -0.3 is 10.8 Å². The Morgan fingerprint density at radius 3 is 2.10 bits per heavy atom. The standard InChI is InChI=1S/C19H14F5N3O2S/c20-18(21)16(26)14(9-25)15-12-3-1-2-4-13(12)17(18)27(15)30(28,29)11-7-5-10(6-8-11)19(22,23)24/h1-9,14-15,17,25-26H. The molecule has 2 aromatic carbocycles. The minimum Gasteiger partial charge on any atom is -0.312 e. The number of sulfonamides is 1. The first kappa shape index (κ1) is 20.6. The highest BCUT2D eigenvalue weighted by molar-refractivity contribution is 7.89. The lowest BCUT2D eigenvalue weighted by Crippen LogP contribution is -2.55. The molecule has 2 N–H and O–H groups in total. The van der Waals surface area contributed by atoms with Gasteiger partial charge in [0.1, 0.15) is 6.04 Å². The Bertz CT molecular complexity index is 1150. The monoisotopic (exact) mass is 443 g/mol. The van der Waals surface area contributed by atoms with Crippen LogP contribution in [0.25, 0.3) is 0 Å². The molecule has 0 radical (unpaired) electrons. The van der Waals surface area contributed by atoms with E-state index in [-0.39, 0.29) is 11.1 Å². The average molecular weight is 443 g/mol. The molecular formula is C19H14F5N3O2S. The van der Waals surface area contributed by atoms with E-state index in [1.54, 1.807) is 0 Å². The summed E-state index contributed by atoms with van der Waals surface area (Å²) in [6.07, 6.45) is -4.08. The summed E-state index contributed by atoms with van der Waals surface area (Å²) in [6.45, 7) is 0. The molecule has 2 heterocycles. The molecule has 2 bridgehead atoms. The van der Waals surface area contributed by atoms with Crippen molar-refractivity contribution < 1.29 is 30.4 Å². The van der Waals surface area contributed by atoms with E-state index in [1.807, 2.05) is 0 Å². The number of halogens is 5. The van der Waals surface area contributed by atoms with Crippen molar-refractivity contribution in [3.8, 4) is 0 Å². The summed E-state index contributed by atoms with van der Waals surface area (Å²) in [5.41, 5.74) is -1.89. The van der Waals surface area contributed by atoms with E-state index in [4.69, 9.17) is 10.8 Å². The number of rotatable bonds is 3. The maximum atomic E-state index is 15.1. The highest BCUT2D eigenvalue weighted by atomic mass is 32.2. The van der Waals surface area contributed by atoms with Crippen LogP contribution in [0.3, 0.4) is 0 Å². The number of hydrogen-bond acceptors (Lipinski definition) is 4. The van der Waals surface area contributed by atoms with E-state index in [1.165, 1.54) is 24.3 Å². The molecule has 4 rings (SSSR count). The van der Waals surface area contributed by atoms with Crippen molar-refractivity contribution in [2.75, 3.05) is 0 Å². The van der Waals surface area contributed by atoms with Crippen molar-refractivity contribution in [2.45, 2.75) is 29.1 Å². The van der Waals surface area contributed by atoms with Gasteiger partial charge in [-0.15, -0.1) is 0 Å². The maximum absolute atomic E-state index is 15.1. The fourth-order valence-corrected chi connectivity index (χ4v) is 5.89. The van der Waals surface area contributed by atoms with Gasteiger partial charge in [0.25, 0.3) is 0 Å². The average Bonchev–Trinajstić information content (AvgIpc) is 3.01. The van der Waals surface area contributed by atoms with Crippen molar-refractivity contribution >= 4 is 21.9 Å². The first-order chi connectivity index (χ1) is 13.9. The van der Waals surface area contributed by atoms with Gasteiger partial charge in [-0.25, -0.2) is 8.42 Å². The third kappa shape index (κ3) is 2.72. The molecule has 158 valence electrons. The normalized spacial score (nSPS) is 25.8. The number of hydrogen-bond donors (Lipinski definition) is 2. The Morgan fingerprint density at radius 2 is 1.57 bits per heavy atom. The second-order valence-electron chi connectivity index (χ2n) is 7.06. The molecule has 0 aliphatic carbocycles. The molecule has 1 fully saturated rings. The summed E-state index contributed by atoms with van der Waals surface area (Å²) in [7, 11) is -4.68. The minimum atomic E-state index is -4.68. The van der Waals surface area contributed by atoms with Crippen LogP contribution in [0.5, 0.6) is 0 Å². The minimum absolute atomic E-state index is 0.0112. The van der Waals surface area contributed by atoms with Crippen molar-refractivity contribution in [2.24, 2.45) is 5.92 Å². The molecule has 30 heavy (non-hydrogen) atoms. The number of nitrogens with one attached hydrogen (secondary N) is 2. The van der Waals surface area contributed by atoms with Crippen LogP contribution in [0.1, 0.15) is 28.8 Å². The molecule has 2 aromatic rings. The third-order valence-electron chi connectivity index (χ3n) is 5.45. The zero-order valence-corrected chi connectivity index (χ0v) is 15.8. The number of benzene rings is 2. The van der Waals surface area contributed by atoms with Gasteiger partial charge in [-0.05, 0) is 35.4 Å². The zero-order valence-electron chi connectivity index (χ0n) is 15.0. The smallest absolute Gasteiger partial charge is 0.312 e. The topological polar surface area (TPSA) is 85.1 Å². The maximum Gasteiger partial charge on any atom is 0.416 e.